The van der Waals surface area contributed by atoms with Gasteiger partial charge < -0.3 is 14.7 Å². The van der Waals surface area contributed by atoms with E-state index in [-0.39, 0.29) is 18.2 Å². The maximum absolute atomic E-state index is 12.5. The summed E-state index contributed by atoms with van der Waals surface area (Å²) in [5.74, 6) is -0.0836. The van der Waals surface area contributed by atoms with Gasteiger partial charge in [0.25, 0.3) is 5.91 Å². The second kappa shape index (κ2) is 8.33. The van der Waals surface area contributed by atoms with Crippen LogP contribution in [-0.2, 0) is 4.79 Å². The van der Waals surface area contributed by atoms with Crippen LogP contribution in [0.2, 0.25) is 5.02 Å². The van der Waals surface area contributed by atoms with Crippen LogP contribution in [-0.4, -0.2) is 46.6 Å². The summed E-state index contributed by atoms with van der Waals surface area (Å²) in [5, 5.41) is 9.16. The largest absolute Gasteiger partial charge is 0.481 e. The van der Waals surface area contributed by atoms with E-state index < -0.39 is 5.97 Å². The number of nitrogens with zero attached hydrogens (tertiary/aromatic N) is 2. The van der Waals surface area contributed by atoms with E-state index in [9.17, 15) is 9.59 Å². The minimum Gasteiger partial charge on any atom is -0.481 e. The molecule has 1 saturated heterocycles. The second-order valence-electron chi connectivity index (χ2n) is 6.55. The number of carboxylic acids is 1. The lowest BCUT2D eigenvalue weighted by Crippen LogP contribution is -2.39. The van der Waals surface area contributed by atoms with Gasteiger partial charge in [-0.15, -0.1) is 0 Å². The lowest BCUT2D eigenvalue weighted by molar-refractivity contribution is -0.138. The molecule has 1 aromatic heterocycles. The number of carbonyl (C=O) groups is 2. The van der Waals surface area contributed by atoms with Crippen molar-refractivity contribution in [2.24, 2.45) is 11.8 Å². The first kappa shape index (κ1) is 18.5. The summed E-state index contributed by atoms with van der Waals surface area (Å²) in [6.07, 6.45) is 3.05. The van der Waals surface area contributed by atoms with Gasteiger partial charge in [0.1, 0.15) is 5.02 Å². The highest BCUT2D eigenvalue weighted by atomic mass is 35.5. The van der Waals surface area contributed by atoms with Gasteiger partial charge in [-0.2, -0.15) is 0 Å². The second-order valence-corrected chi connectivity index (χ2v) is 6.96. The van der Waals surface area contributed by atoms with Crippen molar-refractivity contribution in [1.82, 2.24) is 9.88 Å². The van der Waals surface area contributed by atoms with Crippen molar-refractivity contribution < 1.29 is 19.4 Å². The van der Waals surface area contributed by atoms with Crippen LogP contribution >= 0.6 is 11.6 Å². The molecular weight excluding hydrogens is 332 g/mol. The number of ether oxygens (including phenoxy) is 1. The third-order valence-electron chi connectivity index (χ3n) is 3.97. The Balaban J connectivity index is 1.95. The zero-order chi connectivity index (χ0) is 17.7. The first-order valence-corrected chi connectivity index (χ1v) is 8.54. The molecule has 24 heavy (non-hydrogen) atoms. The molecule has 1 aliphatic rings. The zero-order valence-electron chi connectivity index (χ0n) is 14.0. The first-order valence-electron chi connectivity index (χ1n) is 8.16. The van der Waals surface area contributed by atoms with Crippen LogP contribution in [0.3, 0.4) is 0 Å². The number of amides is 1. The van der Waals surface area contributed by atoms with E-state index in [4.69, 9.17) is 21.4 Å². The van der Waals surface area contributed by atoms with Crippen molar-refractivity contribution in [1.29, 1.82) is 0 Å². The Kier molecular flexibility index (Phi) is 6.43. The number of hydrogen-bond donors (Lipinski definition) is 1. The van der Waals surface area contributed by atoms with Gasteiger partial charge >= 0.3 is 5.97 Å². The van der Waals surface area contributed by atoms with Gasteiger partial charge in [-0.3, -0.25) is 9.59 Å². The minimum absolute atomic E-state index is 0.131. The molecule has 0 bridgehead atoms. The highest BCUT2D eigenvalue weighted by molar-refractivity contribution is 6.32. The van der Waals surface area contributed by atoms with Crippen LogP contribution in [0.5, 0.6) is 5.88 Å². The Bertz CT molecular complexity index is 598. The molecule has 1 aromatic rings. The molecule has 7 heteroatoms. The van der Waals surface area contributed by atoms with Crippen molar-refractivity contribution in [2.75, 3.05) is 19.7 Å². The van der Waals surface area contributed by atoms with E-state index in [1.165, 1.54) is 6.20 Å². The number of hydrogen-bond acceptors (Lipinski definition) is 4. The number of halogens is 1. The molecule has 0 spiro atoms. The zero-order valence-corrected chi connectivity index (χ0v) is 14.8. The van der Waals surface area contributed by atoms with Gasteiger partial charge in [0.05, 0.1) is 12.2 Å². The van der Waals surface area contributed by atoms with Crippen LogP contribution in [0.4, 0.5) is 0 Å². The highest BCUT2D eigenvalue weighted by Crippen LogP contribution is 2.25. The number of carboxylic acid groups (broad SMARTS) is 1. The molecule has 6 nitrogen and oxygen atoms in total. The topological polar surface area (TPSA) is 79.7 Å². The van der Waals surface area contributed by atoms with E-state index in [0.29, 0.717) is 54.9 Å². The summed E-state index contributed by atoms with van der Waals surface area (Å²) in [5.41, 5.74) is 0.425. The summed E-state index contributed by atoms with van der Waals surface area (Å²) in [6.45, 7) is 5.68. The van der Waals surface area contributed by atoms with Gasteiger partial charge in [-0.05, 0) is 30.7 Å². The van der Waals surface area contributed by atoms with Crippen LogP contribution in [0, 0.1) is 11.8 Å². The summed E-state index contributed by atoms with van der Waals surface area (Å²) < 4.78 is 5.51. The molecule has 0 aliphatic carbocycles. The normalized spacial score (nSPS) is 15.6. The van der Waals surface area contributed by atoms with E-state index in [1.807, 2.05) is 13.8 Å². The maximum Gasteiger partial charge on any atom is 0.303 e. The molecule has 0 atom stereocenters. The molecular formula is C17H23ClN2O4. The van der Waals surface area contributed by atoms with Crippen molar-refractivity contribution in [3.05, 3.63) is 22.8 Å². The lowest BCUT2D eigenvalue weighted by Gasteiger charge is -2.31. The predicted molar refractivity (Wildman–Crippen MR) is 90.5 cm³/mol. The standard InChI is InChI=1S/C17H23ClN2O4/c1-11(2)10-24-16-14(18)8-13(9-19-16)17(23)20-5-3-12(4-6-20)7-15(21)22/h8-9,11-12H,3-7,10H2,1-2H3,(H,21,22). The molecule has 0 unspecified atom stereocenters. The number of aliphatic carboxylic acids is 1. The van der Waals surface area contributed by atoms with Gasteiger partial charge in [-0.25, -0.2) is 4.98 Å². The first-order chi connectivity index (χ1) is 11.4. The fraction of sp³-hybridized carbons (Fsp3) is 0.588. The number of piperidine rings is 1. The Morgan fingerprint density at radius 3 is 2.62 bits per heavy atom. The molecule has 2 heterocycles. The molecule has 0 radical (unpaired) electrons. The van der Waals surface area contributed by atoms with Gasteiger partial charge in [0.15, 0.2) is 0 Å². The van der Waals surface area contributed by atoms with Crippen LogP contribution in [0.1, 0.15) is 43.5 Å². The van der Waals surface area contributed by atoms with Gasteiger partial charge in [0.2, 0.25) is 5.88 Å². The van der Waals surface area contributed by atoms with E-state index in [0.717, 1.165) is 0 Å². The average molecular weight is 355 g/mol. The lowest BCUT2D eigenvalue weighted by atomic mass is 9.93. The Hall–Kier alpha value is -1.82. The molecule has 0 aromatic carbocycles. The number of pyridine rings is 1. The molecule has 2 rings (SSSR count). The number of likely N-dealkylation sites (tertiary alicyclic amines) is 1. The predicted octanol–water partition coefficient (Wildman–Crippen LogP) is 3.10. The van der Waals surface area contributed by atoms with Gasteiger partial charge in [-0.1, -0.05) is 25.4 Å². The van der Waals surface area contributed by atoms with Crippen molar-refractivity contribution >= 4 is 23.5 Å². The fourth-order valence-corrected chi connectivity index (χ4v) is 2.88. The summed E-state index contributed by atoms with van der Waals surface area (Å²) in [7, 11) is 0. The third-order valence-corrected chi connectivity index (χ3v) is 4.24. The van der Waals surface area contributed by atoms with E-state index >= 15 is 0 Å². The molecule has 1 amide bonds. The summed E-state index contributed by atoms with van der Waals surface area (Å²) >= 11 is 6.15. The molecule has 0 saturated carbocycles. The summed E-state index contributed by atoms with van der Waals surface area (Å²) in [6, 6.07) is 1.58. The Labute approximate surface area is 146 Å². The maximum atomic E-state index is 12.5. The van der Waals surface area contributed by atoms with Crippen LogP contribution < -0.4 is 4.74 Å². The Morgan fingerprint density at radius 1 is 1.42 bits per heavy atom. The fourth-order valence-electron chi connectivity index (χ4n) is 2.66. The van der Waals surface area contributed by atoms with E-state index in [1.54, 1.807) is 11.0 Å². The average Bonchev–Trinajstić information content (AvgIpc) is 2.53. The van der Waals surface area contributed by atoms with E-state index in [2.05, 4.69) is 4.98 Å². The van der Waals surface area contributed by atoms with Crippen LogP contribution in [0.25, 0.3) is 0 Å². The Morgan fingerprint density at radius 2 is 2.08 bits per heavy atom. The van der Waals surface area contributed by atoms with Gasteiger partial charge in [0, 0.05) is 25.7 Å². The third kappa shape index (κ3) is 5.09. The quantitative estimate of drug-likeness (QED) is 0.849. The van der Waals surface area contributed by atoms with Crippen molar-refractivity contribution in [3.63, 3.8) is 0 Å². The molecule has 1 aliphatic heterocycles. The molecule has 132 valence electrons. The SMILES string of the molecule is CC(C)COc1ncc(C(=O)N2CCC(CC(=O)O)CC2)cc1Cl. The molecule has 1 fully saturated rings. The highest BCUT2D eigenvalue weighted by Gasteiger charge is 2.25. The van der Waals surface area contributed by atoms with Crippen molar-refractivity contribution in [2.45, 2.75) is 33.1 Å². The van der Waals surface area contributed by atoms with Crippen molar-refractivity contribution in [3.8, 4) is 5.88 Å². The monoisotopic (exact) mass is 354 g/mol. The number of carbonyl (C=O) groups excluding carboxylic acids is 1. The smallest absolute Gasteiger partial charge is 0.303 e. The van der Waals surface area contributed by atoms with Crippen LogP contribution in [0.15, 0.2) is 12.3 Å². The number of rotatable bonds is 6. The molecule has 1 N–H and O–H groups in total. The minimum atomic E-state index is -0.784. The summed E-state index contributed by atoms with van der Waals surface area (Å²) in [4.78, 5) is 29.1. The number of aromatic nitrogens is 1.